The molecule has 1 aromatic heterocycles. The summed E-state index contributed by atoms with van der Waals surface area (Å²) in [4.78, 5) is 22.1. The molecule has 0 saturated carbocycles. The third-order valence-corrected chi connectivity index (χ3v) is 8.37. The predicted octanol–water partition coefficient (Wildman–Crippen LogP) is 3.89. The van der Waals surface area contributed by atoms with Crippen molar-refractivity contribution < 1.29 is 22.7 Å². The largest absolute Gasteiger partial charge is 0.491 e. The Kier molecular flexibility index (Phi) is 9.21. The molecule has 3 atom stereocenters. The van der Waals surface area contributed by atoms with Crippen LogP contribution in [0.4, 0.5) is 5.69 Å². The Morgan fingerprint density at radius 1 is 1.05 bits per heavy atom. The molecule has 0 bridgehead atoms. The van der Waals surface area contributed by atoms with E-state index in [0.717, 1.165) is 12.2 Å². The summed E-state index contributed by atoms with van der Waals surface area (Å²) in [5.41, 5.74) is 1.51. The van der Waals surface area contributed by atoms with E-state index in [1.54, 1.807) is 55.6 Å². The topological polar surface area (TPSA) is 101 Å². The lowest BCUT2D eigenvalue weighted by Crippen LogP contribution is -2.46. The third-order valence-electron chi connectivity index (χ3n) is 6.97. The summed E-state index contributed by atoms with van der Waals surface area (Å²) in [5, 5.41) is 0. The number of aromatic nitrogens is 1. The first-order chi connectivity index (χ1) is 18.7. The standard InChI is InChI=1S/C29H36N4O5S/c1-21-17-33(18-24-10-8-9-15-30-24)22(2)20-38-27-14-13-23(31-39(35,36)25-11-6-5-7-12-25)16-26(27)29(34)32(3)19-28(21)37-4/h5-16,21-22,28,31H,17-20H2,1-4H3/t21-,22-,28+/m0/s1. The van der Waals surface area contributed by atoms with Crippen LogP contribution in [0.15, 0.2) is 77.8 Å². The van der Waals surface area contributed by atoms with Gasteiger partial charge in [-0.15, -0.1) is 0 Å². The van der Waals surface area contributed by atoms with Gasteiger partial charge >= 0.3 is 0 Å². The molecule has 0 fully saturated rings. The second-order valence-corrected chi connectivity index (χ2v) is 11.7. The van der Waals surface area contributed by atoms with Gasteiger partial charge in [-0.2, -0.15) is 0 Å². The van der Waals surface area contributed by atoms with Crippen LogP contribution < -0.4 is 9.46 Å². The van der Waals surface area contributed by atoms with Gasteiger partial charge in [-0.1, -0.05) is 31.2 Å². The average Bonchev–Trinajstić information content (AvgIpc) is 2.94. The van der Waals surface area contributed by atoms with Crippen LogP contribution in [-0.2, 0) is 21.3 Å². The Balaban J connectivity index is 1.65. The van der Waals surface area contributed by atoms with E-state index in [2.05, 4.69) is 28.5 Å². The monoisotopic (exact) mass is 552 g/mol. The van der Waals surface area contributed by atoms with Gasteiger partial charge in [-0.3, -0.25) is 19.4 Å². The fourth-order valence-corrected chi connectivity index (χ4v) is 5.72. The minimum absolute atomic E-state index is 0.00308. The first kappa shape index (κ1) is 28.5. The Labute approximate surface area is 230 Å². The van der Waals surface area contributed by atoms with Gasteiger partial charge in [0.2, 0.25) is 0 Å². The van der Waals surface area contributed by atoms with Crippen LogP contribution in [-0.4, -0.2) is 75.1 Å². The number of hydrogen-bond acceptors (Lipinski definition) is 7. The summed E-state index contributed by atoms with van der Waals surface area (Å²) >= 11 is 0. The number of sulfonamides is 1. The molecule has 4 rings (SSSR count). The van der Waals surface area contributed by atoms with Crippen molar-refractivity contribution in [1.29, 1.82) is 0 Å². The molecule has 1 amide bonds. The highest BCUT2D eigenvalue weighted by Crippen LogP contribution is 2.28. The van der Waals surface area contributed by atoms with E-state index in [1.807, 2.05) is 18.2 Å². The number of carbonyl (C=O) groups excluding carboxylic acids is 1. The van der Waals surface area contributed by atoms with Gasteiger partial charge in [-0.05, 0) is 55.3 Å². The Bertz CT molecular complexity index is 1350. The molecule has 0 unspecified atom stereocenters. The van der Waals surface area contributed by atoms with Crippen LogP contribution >= 0.6 is 0 Å². The lowest BCUT2D eigenvalue weighted by atomic mass is 10.0. The van der Waals surface area contributed by atoms with E-state index in [1.165, 1.54) is 18.2 Å². The molecule has 39 heavy (non-hydrogen) atoms. The van der Waals surface area contributed by atoms with Crippen LogP contribution in [0.25, 0.3) is 0 Å². The SMILES string of the molecule is CO[C@@H]1CN(C)C(=O)c2cc(NS(=O)(=O)c3ccccc3)ccc2OC[C@H](C)N(Cc2ccccn2)C[C@@H]1C. The zero-order valence-electron chi connectivity index (χ0n) is 22.8. The number of carbonyl (C=O) groups is 1. The van der Waals surface area contributed by atoms with Crippen molar-refractivity contribution in [3.63, 3.8) is 0 Å². The van der Waals surface area contributed by atoms with E-state index in [9.17, 15) is 13.2 Å². The van der Waals surface area contributed by atoms with Crippen molar-refractivity contribution in [3.05, 3.63) is 84.2 Å². The molecule has 1 N–H and O–H groups in total. The predicted molar refractivity (Wildman–Crippen MR) is 150 cm³/mol. The number of rotatable bonds is 6. The Hall–Kier alpha value is -3.47. The zero-order valence-corrected chi connectivity index (χ0v) is 23.6. The van der Waals surface area contributed by atoms with Crippen molar-refractivity contribution in [2.24, 2.45) is 5.92 Å². The van der Waals surface area contributed by atoms with Crippen molar-refractivity contribution in [2.75, 3.05) is 38.6 Å². The number of nitrogens with zero attached hydrogens (tertiary/aromatic N) is 3. The Morgan fingerprint density at radius 3 is 2.49 bits per heavy atom. The lowest BCUT2D eigenvalue weighted by molar-refractivity contribution is 0.00901. The van der Waals surface area contributed by atoms with Gasteiger partial charge in [0.05, 0.1) is 22.3 Å². The van der Waals surface area contributed by atoms with Gasteiger partial charge in [0.1, 0.15) is 12.4 Å². The van der Waals surface area contributed by atoms with Crippen LogP contribution in [0.5, 0.6) is 5.75 Å². The molecule has 1 aliphatic rings. The minimum atomic E-state index is -3.83. The number of nitrogens with one attached hydrogen (secondary N) is 1. The van der Waals surface area contributed by atoms with E-state index >= 15 is 0 Å². The molecule has 0 aliphatic carbocycles. The molecule has 2 aromatic carbocycles. The highest BCUT2D eigenvalue weighted by molar-refractivity contribution is 7.92. The summed E-state index contributed by atoms with van der Waals surface area (Å²) < 4.78 is 40.4. The zero-order chi connectivity index (χ0) is 28.0. The van der Waals surface area contributed by atoms with Crippen molar-refractivity contribution in [1.82, 2.24) is 14.8 Å². The number of methoxy groups -OCH3 is 1. The highest BCUT2D eigenvalue weighted by atomic mass is 32.2. The number of hydrogen-bond donors (Lipinski definition) is 1. The molecule has 208 valence electrons. The van der Waals surface area contributed by atoms with Gasteiger partial charge in [0.15, 0.2) is 0 Å². The molecule has 0 saturated heterocycles. The van der Waals surface area contributed by atoms with Crippen LogP contribution in [0.1, 0.15) is 29.9 Å². The number of amides is 1. The van der Waals surface area contributed by atoms with Crippen LogP contribution in [0.2, 0.25) is 0 Å². The molecule has 3 aromatic rings. The van der Waals surface area contributed by atoms with Gasteiger partial charge < -0.3 is 14.4 Å². The first-order valence-corrected chi connectivity index (χ1v) is 14.4. The van der Waals surface area contributed by atoms with Crippen molar-refractivity contribution >= 4 is 21.6 Å². The maximum Gasteiger partial charge on any atom is 0.261 e. The third kappa shape index (κ3) is 7.14. The summed E-state index contributed by atoms with van der Waals surface area (Å²) in [6, 6.07) is 18.7. The maximum atomic E-state index is 13.6. The van der Waals surface area contributed by atoms with Crippen LogP contribution in [0, 0.1) is 5.92 Å². The Morgan fingerprint density at radius 2 is 1.79 bits per heavy atom. The summed E-state index contributed by atoms with van der Waals surface area (Å²) in [7, 11) is -0.453. The van der Waals surface area contributed by atoms with Crippen molar-refractivity contribution in [3.8, 4) is 5.75 Å². The number of likely N-dealkylation sites (N-methyl/N-ethyl adjacent to an activating group) is 1. The first-order valence-electron chi connectivity index (χ1n) is 12.9. The molecule has 1 aliphatic heterocycles. The molecular weight excluding hydrogens is 516 g/mol. The van der Waals surface area contributed by atoms with E-state index in [-0.39, 0.29) is 40.1 Å². The number of ether oxygens (including phenoxy) is 2. The lowest BCUT2D eigenvalue weighted by Gasteiger charge is -2.35. The maximum absolute atomic E-state index is 13.6. The van der Waals surface area contributed by atoms with Crippen LogP contribution in [0.3, 0.4) is 0 Å². The summed E-state index contributed by atoms with van der Waals surface area (Å²) in [6.07, 6.45) is 1.58. The second kappa shape index (κ2) is 12.6. The van der Waals surface area contributed by atoms with E-state index < -0.39 is 10.0 Å². The molecule has 0 radical (unpaired) electrons. The van der Waals surface area contributed by atoms with Gasteiger partial charge in [0, 0.05) is 51.7 Å². The second-order valence-electron chi connectivity index (χ2n) is 9.98. The summed E-state index contributed by atoms with van der Waals surface area (Å²) in [5.74, 6) is 0.222. The fraction of sp³-hybridized carbons (Fsp3) is 0.379. The van der Waals surface area contributed by atoms with Gasteiger partial charge in [0.25, 0.3) is 15.9 Å². The normalized spacial score (nSPS) is 21.3. The number of pyridine rings is 1. The fourth-order valence-electron chi connectivity index (χ4n) is 4.65. The summed E-state index contributed by atoms with van der Waals surface area (Å²) in [6.45, 7) is 6.27. The molecular formula is C29H36N4O5S. The van der Waals surface area contributed by atoms with Crippen molar-refractivity contribution in [2.45, 2.75) is 37.4 Å². The van der Waals surface area contributed by atoms with E-state index in [0.29, 0.717) is 25.4 Å². The highest BCUT2D eigenvalue weighted by Gasteiger charge is 2.29. The molecule has 0 spiro atoms. The van der Waals surface area contributed by atoms with Gasteiger partial charge in [-0.25, -0.2) is 8.42 Å². The van der Waals surface area contributed by atoms with E-state index in [4.69, 9.17) is 9.47 Å². The average molecular weight is 553 g/mol. The molecule has 10 heteroatoms. The minimum Gasteiger partial charge on any atom is -0.491 e. The number of fused-ring (bicyclic) bond motifs is 1. The number of benzene rings is 2. The quantitative estimate of drug-likeness (QED) is 0.495. The smallest absolute Gasteiger partial charge is 0.261 e. The molecule has 9 nitrogen and oxygen atoms in total. The number of anilines is 1. The molecule has 2 heterocycles.